The van der Waals surface area contributed by atoms with Crippen molar-refractivity contribution in [2.24, 2.45) is 0 Å². The second-order valence-corrected chi connectivity index (χ2v) is 7.22. The fourth-order valence-corrected chi connectivity index (χ4v) is 3.17. The molecule has 0 atom stereocenters. The van der Waals surface area contributed by atoms with E-state index in [0.29, 0.717) is 10.9 Å². The predicted molar refractivity (Wildman–Crippen MR) is 97.8 cm³/mol. The van der Waals surface area contributed by atoms with Crippen molar-refractivity contribution in [2.45, 2.75) is 103 Å². The minimum absolute atomic E-state index is 0.323. The van der Waals surface area contributed by atoms with Crippen LogP contribution in [-0.4, -0.2) is 10.9 Å². The lowest BCUT2D eigenvalue weighted by Crippen LogP contribution is -1.92. The molecule has 0 heterocycles. The standard InChI is InChI=1S/C19H37OS/c1-3-5-6-7-8-9-10-11-12-13-14-15-16-17-18-19(20)21-4-2/h2-18H2,1H3. The van der Waals surface area contributed by atoms with Gasteiger partial charge in [-0.15, -0.1) is 0 Å². The summed E-state index contributed by atoms with van der Waals surface area (Å²) < 4.78 is 0. The minimum Gasteiger partial charge on any atom is -0.287 e. The molecule has 0 aliphatic heterocycles. The van der Waals surface area contributed by atoms with E-state index in [0.717, 1.165) is 12.8 Å². The first-order valence-corrected chi connectivity index (χ1v) is 10.2. The zero-order valence-corrected chi connectivity index (χ0v) is 15.2. The molecule has 0 bridgehead atoms. The van der Waals surface area contributed by atoms with Gasteiger partial charge in [-0.3, -0.25) is 4.79 Å². The molecule has 0 unspecified atom stereocenters. The fourth-order valence-electron chi connectivity index (χ4n) is 2.65. The Hall–Kier alpha value is 0.0200. The van der Waals surface area contributed by atoms with Crippen molar-refractivity contribution >= 4 is 16.9 Å². The molecule has 0 spiro atoms. The molecule has 0 rings (SSSR count). The number of carbonyl (C=O) groups is 1. The predicted octanol–water partition coefficient (Wildman–Crippen LogP) is 6.95. The van der Waals surface area contributed by atoms with Crippen LogP contribution in [0.1, 0.15) is 103 Å². The summed E-state index contributed by atoms with van der Waals surface area (Å²) in [5, 5.41) is 0.323. The van der Waals surface area contributed by atoms with Crippen LogP contribution >= 0.6 is 11.8 Å². The molecule has 0 fully saturated rings. The lowest BCUT2D eigenvalue weighted by atomic mass is 10.0. The molecule has 125 valence electrons. The van der Waals surface area contributed by atoms with E-state index in [1.165, 1.54) is 95.2 Å². The quantitative estimate of drug-likeness (QED) is 0.287. The Kier molecular flexibility index (Phi) is 18.1. The van der Waals surface area contributed by atoms with Crippen LogP contribution in [0.5, 0.6) is 0 Å². The summed E-state index contributed by atoms with van der Waals surface area (Å²) in [7, 11) is 0. The Morgan fingerprint density at radius 3 is 1.48 bits per heavy atom. The zero-order valence-electron chi connectivity index (χ0n) is 14.3. The van der Waals surface area contributed by atoms with Gasteiger partial charge < -0.3 is 0 Å². The van der Waals surface area contributed by atoms with Gasteiger partial charge in [-0.1, -0.05) is 102 Å². The molecular weight excluding hydrogens is 276 g/mol. The molecular formula is C19H37OS. The van der Waals surface area contributed by atoms with E-state index in [1.807, 2.05) is 0 Å². The number of hydrogen-bond acceptors (Lipinski definition) is 2. The highest BCUT2D eigenvalue weighted by atomic mass is 32.2. The van der Waals surface area contributed by atoms with Gasteiger partial charge in [0.05, 0.1) is 0 Å². The molecule has 0 aromatic carbocycles. The summed E-state index contributed by atoms with van der Waals surface area (Å²) in [4.78, 5) is 11.3. The van der Waals surface area contributed by atoms with Gasteiger partial charge >= 0.3 is 0 Å². The van der Waals surface area contributed by atoms with Crippen molar-refractivity contribution in [3.05, 3.63) is 6.92 Å². The lowest BCUT2D eigenvalue weighted by Gasteiger charge is -2.03. The van der Waals surface area contributed by atoms with Crippen molar-refractivity contribution in [1.82, 2.24) is 0 Å². The third-order valence-corrected chi connectivity index (χ3v) is 4.73. The van der Waals surface area contributed by atoms with E-state index in [-0.39, 0.29) is 0 Å². The third-order valence-electron chi connectivity index (χ3n) is 4.00. The smallest absolute Gasteiger partial charge is 0.188 e. The number of hydrogen-bond donors (Lipinski definition) is 0. The Bertz CT molecular complexity index is 216. The molecule has 0 amide bonds. The second kappa shape index (κ2) is 18.1. The van der Waals surface area contributed by atoms with E-state index < -0.39 is 0 Å². The molecule has 0 saturated carbocycles. The third kappa shape index (κ3) is 18.0. The first-order chi connectivity index (χ1) is 10.3. The molecule has 0 N–H and O–H groups in total. The Morgan fingerprint density at radius 1 is 0.714 bits per heavy atom. The number of unbranched alkanes of at least 4 members (excludes halogenated alkanes) is 13. The van der Waals surface area contributed by atoms with Gasteiger partial charge in [0.2, 0.25) is 0 Å². The number of carbonyl (C=O) groups excluding carboxylic acids is 1. The monoisotopic (exact) mass is 313 g/mol. The Balaban J connectivity index is 3.01. The number of thioether (sulfide) groups is 1. The van der Waals surface area contributed by atoms with Crippen molar-refractivity contribution in [3.8, 4) is 0 Å². The first-order valence-electron chi connectivity index (χ1n) is 9.26. The van der Waals surface area contributed by atoms with E-state index in [2.05, 4.69) is 13.8 Å². The summed E-state index contributed by atoms with van der Waals surface area (Å²) in [6.07, 6.45) is 19.9. The van der Waals surface area contributed by atoms with Gasteiger partial charge in [0.1, 0.15) is 0 Å². The fraction of sp³-hybridized carbons (Fsp3) is 0.895. The van der Waals surface area contributed by atoms with Crippen LogP contribution < -0.4 is 0 Å². The summed E-state index contributed by atoms with van der Waals surface area (Å²) in [6.45, 7) is 5.96. The highest BCUT2D eigenvalue weighted by Crippen LogP contribution is 2.14. The van der Waals surface area contributed by atoms with Crippen LogP contribution in [0.15, 0.2) is 0 Å². The van der Waals surface area contributed by atoms with Gasteiger partial charge in [0.25, 0.3) is 0 Å². The van der Waals surface area contributed by atoms with Crippen LogP contribution in [0.25, 0.3) is 0 Å². The Morgan fingerprint density at radius 2 is 1.10 bits per heavy atom. The minimum atomic E-state index is 0.323. The van der Waals surface area contributed by atoms with Crippen molar-refractivity contribution < 1.29 is 4.79 Å². The van der Waals surface area contributed by atoms with E-state index in [9.17, 15) is 4.79 Å². The highest BCUT2D eigenvalue weighted by molar-refractivity contribution is 8.13. The van der Waals surface area contributed by atoms with Crippen LogP contribution in [0.4, 0.5) is 0 Å². The van der Waals surface area contributed by atoms with E-state index in [1.54, 1.807) is 0 Å². The van der Waals surface area contributed by atoms with Crippen LogP contribution in [0.2, 0.25) is 0 Å². The van der Waals surface area contributed by atoms with E-state index in [4.69, 9.17) is 0 Å². The van der Waals surface area contributed by atoms with Crippen molar-refractivity contribution in [1.29, 1.82) is 0 Å². The maximum atomic E-state index is 11.3. The molecule has 0 saturated heterocycles. The SMILES string of the molecule is [CH2]CSC(=O)CCCCCCCCCCCCCCCC. The molecule has 0 aliphatic carbocycles. The summed E-state index contributed by atoms with van der Waals surface area (Å²) >= 11 is 1.37. The lowest BCUT2D eigenvalue weighted by molar-refractivity contribution is -0.111. The van der Waals surface area contributed by atoms with Gasteiger partial charge in [0, 0.05) is 12.2 Å². The first kappa shape index (κ1) is 21.0. The second-order valence-electron chi connectivity index (χ2n) is 6.07. The normalized spacial score (nSPS) is 11.0. The molecule has 0 aromatic heterocycles. The van der Waals surface area contributed by atoms with Gasteiger partial charge in [-0.2, -0.15) is 0 Å². The average molecular weight is 314 g/mol. The summed E-state index contributed by atoms with van der Waals surface area (Å²) in [5.41, 5.74) is 0. The number of rotatable bonds is 16. The van der Waals surface area contributed by atoms with Gasteiger partial charge in [0.15, 0.2) is 5.12 Å². The van der Waals surface area contributed by atoms with Crippen LogP contribution in [-0.2, 0) is 4.79 Å². The van der Waals surface area contributed by atoms with E-state index >= 15 is 0 Å². The molecule has 0 aromatic rings. The van der Waals surface area contributed by atoms with Gasteiger partial charge in [-0.25, -0.2) is 0 Å². The van der Waals surface area contributed by atoms with Crippen molar-refractivity contribution in [3.63, 3.8) is 0 Å². The molecule has 1 nitrogen and oxygen atoms in total. The average Bonchev–Trinajstić information content (AvgIpc) is 2.48. The topological polar surface area (TPSA) is 17.1 Å². The highest BCUT2D eigenvalue weighted by Gasteiger charge is 2.00. The van der Waals surface area contributed by atoms with Crippen LogP contribution in [0, 0.1) is 6.92 Å². The molecule has 1 radical (unpaired) electrons. The molecule has 2 heteroatoms. The maximum absolute atomic E-state index is 11.3. The molecule has 0 aliphatic rings. The van der Waals surface area contributed by atoms with Gasteiger partial charge in [-0.05, 0) is 13.3 Å². The summed E-state index contributed by atoms with van der Waals surface area (Å²) in [5.74, 6) is 0.678. The summed E-state index contributed by atoms with van der Waals surface area (Å²) in [6, 6.07) is 0. The zero-order chi connectivity index (χ0) is 15.6. The maximum Gasteiger partial charge on any atom is 0.188 e. The van der Waals surface area contributed by atoms with Crippen LogP contribution in [0.3, 0.4) is 0 Å². The van der Waals surface area contributed by atoms with Crippen molar-refractivity contribution in [2.75, 3.05) is 5.75 Å². The Labute approximate surface area is 138 Å². The molecule has 21 heavy (non-hydrogen) atoms. The largest absolute Gasteiger partial charge is 0.287 e.